The summed E-state index contributed by atoms with van der Waals surface area (Å²) in [5.41, 5.74) is 3.58. The van der Waals surface area contributed by atoms with Gasteiger partial charge in [0.25, 0.3) is 0 Å². The fourth-order valence-electron chi connectivity index (χ4n) is 2.75. The minimum atomic E-state index is 0. The van der Waals surface area contributed by atoms with Crippen molar-refractivity contribution in [2.45, 2.75) is 26.6 Å². The number of guanidine groups is 1. The second kappa shape index (κ2) is 14.0. The van der Waals surface area contributed by atoms with Crippen LogP contribution in [-0.4, -0.2) is 38.1 Å². The SMILES string of the molecule is C=CCOc1ccccc1CNC(=NCc1ccc(CN(C)C)cc1)NCC.I. The van der Waals surface area contributed by atoms with E-state index in [0.717, 1.165) is 30.4 Å². The van der Waals surface area contributed by atoms with E-state index in [-0.39, 0.29) is 24.0 Å². The van der Waals surface area contributed by atoms with Crippen LogP contribution in [0.4, 0.5) is 0 Å². The summed E-state index contributed by atoms with van der Waals surface area (Å²) in [7, 11) is 4.15. The third-order valence-electron chi connectivity index (χ3n) is 4.06. The van der Waals surface area contributed by atoms with Gasteiger partial charge in [0.05, 0.1) is 6.54 Å². The van der Waals surface area contributed by atoms with Crippen LogP contribution < -0.4 is 15.4 Å². The Morgan fingerprint density at radius 2 is 1.76 bits per heavy atom. The highest BCUT2D eigenvalue weighted by atomic mass is 127. The summed E-state index contributed by atoms with van der Waals surface area (Å²) >= 11 is 0. The number of nitrogens with one attached hydrogen (secondary N) is 2. The Hall–Kier alpha value is -2.06. The van der Waals surface area contributed by atoms with Crippen molar-refractivity contribution < 1.29 is 4.74 Å². The molecule has 0 spiro atoms. The molecule has 2 aromatic carbocycles. The highest BCUT2D eigenvalue weighted by Gasteiger charge is 2.04. The average molecular weight is 508 g/mol. The normalized spacial score (nSPS) is 11.0. The number of hydrogen-bond donors (Lipinski definition) is 2. The summed E-state index contributed by atoms with van der Waals surface area (Å²) in [6.07, 6.45) is 1.75. The Balaban J connectivity index is 0.00000420. The molecule has 0 aliphatic carbocycles. The Bertz CT molecular complexity index is 760. The molecule has 2 N–H and O–H groups in total. The second-order valence-electron chi connectivity index (χ2n) is 6.81. The Morgan fingerprint density at radius 1 is 1.07 bits per heavy atom. The van der Waals surface area contributed by atoms with Crippen molar-refractivity contribution in [3.05, 3.63) is 77.9 Å². The van der Waals surface area contributed by atoms with Gasteiger partial charge in [-0.2, -0.15) is 0 Å². The number of aliphatic imine (C=N–C) groups is 1. The number of hydrogen-bond acceptors (Lipinski definition) is 3. The molecule has 0 heterocycles. The minimum absolute atomic E-state index is 0. The van der Waals surface area contributed by atoms with E-state index in [4.69, 9.17) is 9.73 Å². The number of rotatable bonds is 10. The van der Waals surface area contributed by atoms with Gasteiger partial charge in [-0.3, -0.25) is 0 Å². The van der Waals surface area contributed by atoms with Gasteiger partial charge in [0.15, 0.2) is 5.96 Å². The lowest BCUT2D eigenvalue weighted by molar-refractivity contribution is 0.358. The molecule has 6 heteroatoms. The van der Waals surface area contributed by atoms with E-state index in [0.29, 0.717) is 19.7 Å². The number of ether oxygens (including phenoxy) is 1. The first-order chi connectivity index (χ1) is 13.6. The summed E-state index contributed by atoms with van der Waals surface area (Å²) in [6.45, 7) is 9.29. The van der Waals surface area contributed by atoms with Crippen LogP contribution >= 0.6 is 24.0 Å². The molecular weight excluding hydrogens is 475 g/mol. The van der Waals surface area contributed by atoms with Gasteiger partial charge in [-0.15, -0.1) is 24.0 Å². The minimum Gasteiger partial charge on any atom is -0.489 e. The molecule has 2 aromatic rings. The summed E-state index contributed by atoms with van der Waals surface area (Å²) < 4.78 is 5.72. The molecule has 0 atom stereocenters. The molecule has 0 saturated carbocycles. The van der Waals surface area contributed by atoms with Gasteiger partial charge >= 0.3 is 0 Å². The van der Waals surface area contributed by atoms with E-state index in [1.54, 1.807) is 6.08 Å². The zero-order valence-corrected chi connectivity index (χ0v) is 20.0. The number of benzene rings is 2. The van der Waals surface area contributed by atoms with E-state index >= 15 is 0 Å². The second-order valence-corrected chi connectivity index (χ2v) is 6.81. The van der Waals surface area contributed by atoms with E-state index in [1.807, 2.05) is 18.2 Å². The van der Waals surface area contributed by atoms with E-state index in [1.165, 1.54) is 11.1 Å². The molecule has 0 radical (unpaired) electrons. The summed E-state index contributed by atoms with van der Waals surface area (Å²) in [5, 5.41) is 6.69. The molecule has 0 saturated heterocycles. The first-order valence-corrected chi connectivity index (χ1v) is 9.68. The maximum atomic E-state index is 5.72. The van der Waals surface area contributed by atoms with Crippen LogP contribution in [0, 0.1) is 0 Å². The van der Waals surface area contributed by atoms with Crippen LogP contribution in [-0.2, 0) is 19.6 Å². The van der Waals surface area contributed by atoms with Gasteiger partial charge in [-0.1, -0.05) is 55.1 Å². The molecule has 0 bridgehead atoms. The highest BCUT2D eigenvalue weighted by molar-refractivity contribution is 14.0. The van der Waals surface area contributed by atoms with Crippen LogP contribution in [0.5, 0.6) is 5.75 Å². The van der Waals surface area contributed by atoms with Crippen molar-refractivity contribution in [3.63, 3.8) is 0 Å². The first-order valence-electron chi connectivity index (χ1n) is 9.68. The van der Waals surface area contributed by atoms with Crippen molar-refractivity contribution in [1.82, 2.24) is 15.5 Å². The fourth-order valence-corrected chi connectivity index (χ4v) is 2.75. The van der Waals surface area contributed by atoms with Gasteiger partial charge < -0.3 is 20.3 Å². The molecule has 0 fully saturated rings. The van der Waals surface area contributed by atoms with Crippen molar-refractivity contribution in [2.75, 3.05) is 27.2 Å². The molecule has 5 nitrogen and oxygen atoms in total. The van der Waals surface area contributed by atoms with E-state index < -0.39 is 0 Å². The predicted molar refractivity (Wildman–Crippen MR) is 133 cm³/mol. The highest BCUT2D eigenvalue weighted by Crippen LogP contribution is 2.17. The Labute approximate surface area is 192 Å². The lowest BCUT2D eigenvalue weighted by Crippen LogP contribution is -2.36. The molecule has 158 valence electrons. The molecular formula is C23H33IN4O. The first kappa shape index (κ1) is 25.0. The van der Waals surface area contributed by atoms with Crippen LogP contribution in [0.2, 0.25) is 0 Å². The van der Waals surface area contributed by atoms with Gasteiger partial charge in [0.1, 0.15) is 12.4 Å². The maximum absolute atomic E-state index is 5.72. The zero-order chi connectivity index (χ0) is 20.2. The van der Waals surface area contributed by atoms with Gasteiger partial charge in [0.2, 0.25) is 0 Å². The molecule has 0 aliphatic heterocycles. The molecule has 0 amide bonds. The summed E-state index contributed by atoms with van der Waals surface area (Å²) in [4.78, 5) is 6.87. The largest absolute Gasteiger partial charge is 0.489 e. The van der Waals surface area contributed by atoms with E-state index in [9.17, 15) is 0 Å². The van der Waals surface area contributed by atoms with Crippen molar-refractivity contribution in [3.8, 4) is 5.75 Å². The molecule has 0 aromatic heterocycles. The van der Waals surface area contributed by atoms with Crippen molar-refractivity contribution >= 4 is 29.9 Å². The predicted octanol–water partition coefficient (Wildman–Crippen LogP) is 4.19. The van der Waals surface area contributed by atoms with Crippen molar-refractivity contribution in [1.29, 1.82) is 0 Å². The number of para-hydroxylation sites is 1. The van der Waals surface area contributed by atoms with Crippen LogP contribution in [0.15, 0.2) is 66.2 Å². The van der Waals surface area contributed by atoms with Crippen LogP contribution in [0.1, 0.15) is 23.6 Å². The Morgan fingerprint density at radius 3 is 2.41 bits per heavy atom. The third-order valence-corrected chi connectivity index (χ3v) is 4.06. The van der Waals surface area contributed by atoms with E-state index in [2.05, 4.69) is 73.5 Å². The molecule has 29 heavy (non-hydrogen) atoms. The van der Waals surface area contributed by atoms with Crippen LogP contribution in [0.3, 0.4) is 0 Å². The number of nitrogens with zero attached hydrogens (tertiary/aromatic N) is 2. The summed E-state index contributed by atoms with van der Waals surface area (Å²) in [5.74, 6) is 1.65. The standard InChI is InChI=1S/C23H32N4O.HI/c1-5-15-28-22-10-8-7-9-21(22)17-26-23(24-6-2)25-16-19-11-13-20(14-12-19)18-27(3)4;/h5,7-14H,1,6,15-18H2,2-4H3,(H2,24,25,26);1H. The lowest BCUT2D eigenvalue weighted by Gasteiger charge is -2.14. The quantitative estimate of drug-likeness (QED) is 0.219. The molecule has 0 unspecified atom stereocenters. The summed E-state index contributed by atoms with van der Waals surface area (Å²) in [6, 6.07) is 16.6. The topological polar surface area (TPSA) is 48.9 Å². The monoisotopic (exact) mass is 508 g/mol. The molecule has 2 rings (SSSR count). The zero-order valence-electron chi connectivity index (χ0n) is 17.6. The van der Waals surface area contributed by atoms with Gasteiger partial charge in [0, 0.05) is 25.2 Å². The van der Waals surface area contributed by atoms with Crippen LogP contribution in [0.25, 0.3) is 0 Å². The third kappa shape index (κ3) is 9.32. The van der Waals surface area contributed by atoms with Gasteiger partial charge in [-0.25, -0.2) is 4.99 Å². The Kier molecular flexibility index (Phi) is 12.1. The van der Waals surface area contributed by atoms with Gasteiger partial charge in [-0.05, 0) is 38.2 Å². The average Bonchev–Trinajstić information content (AvgIpc) is 2.70. The molecule has 0 aliphatic rings. The van der Waals surface area contributed by atoms with Crippen molar-refractivity contribution in [2.24, 2.45) is 4.99 Å². The maximum Gasteiger partial charge on any atom is 0.191 e. The fraction of sp³-hybridized carbons (Fsp3) is 0.348. The smallest absolute Gasteiger partial charge is 0.191 e. The lowest BCUT2D eigenvalue weighted by atomic mass is 10.1. The number of halogens is 1.